The van der Waals surface area contributed by atoms with E-state index in [4.69, 9.17) is 4.74 Å². The Labute approximate surface area is 244 Å². The first-order valence-corrected chi connectivity index (χ1v) is 16.8. The molecule has 2 N–H and O–H groups in total. The molecule has 0 spiro atoms. The second-order valence-corrected chi connectivity index (χ2v) is 12.6. The molecule has 0 aliphatic rings. The molecule has 0 unspecified atom stereocenters. The summed E-state index contributed by atoms with van der Waals surface area (Å²) < 4.78 is 71.9. The summed E-state index contributed by atoms with van der Waals surface area (Å²) in [5.41, 5.74) is 2.87. The van der Waals surface area contributed by atoms with Crippen molar-refractivity contribution in [3.8, 4) is 0 Å². The van der Waals surface area contributed by atoms with Crippen LogP contribution in [-0.4, -0.2) is 64.5 Å². The monoisotopic (exact) mass is 604 g/mol. The molecule has 41 heavy (non-hydrogen) atoms. The summed E-state index contributed by atoms with van der Waals surface area (Å²) in [5, 5.41) is 0. The van der Waals surface area contributed by atoms with Crippen LogP contribution in [0.25, 0.3) is 0 Å². The van der Waals surface area contributed by atoms with Gasteiger partial charge in [0.05, 0.1) is 10.6 Å². The van der Waals surface area contributed by atoms with Crippen LogP contribution in [0.4, 0.5) is 11.4 Å². The third-order valence-corrected chi connectivity index (χ3v) is 8.90. The van der Waals surface area contributed by atoms with Crippen molar-refractivity contribution in [2.24, 2.45) is 0 Å². The molecule has 0 radical (unpaired) electrons. The van der Waals surface area contributed by atoms with Crippen molar-refractivity contribution in [3.63, 3.8) is 0 Å². The molecule has 3 aromatic rings. The van der Waals surface area contributed by atoms with E-state index in [1.165, 1.54) is 12.1 Å². The number of anilines is 2. The molecule has 11 heteroatoms. The molecule has 0 fully saturated rings. The van der Waals surface area contributed by atoms with Gasteiger partial charge in [-0.1, -0.05) is 36.4 Å². The fourth-order valence-corrected chi connectivity index (χ4v) is 6.03. The quantitative estimate of drug-likeness (QED) is 0.137. The van der Waals surface area contributed by atoms with Crippen LogP contribution in [0.1, 0.15) is 50.8 Å². The van der Waals surface area contributed by atoms with Gasteiger partial charge >= 0.3 is 0 Å². The van der Waals surface area contributed by atoms with Crippen LogP contribution in [-0.2, 0) is 30.6 Å². The lowest BCUT2D eigenvalue weighted by Gasteiger charge is -2.37. The Kier molecular flexibility index (Phi) is 11.0. The second-order valence-electron chi connectivity index (χ2n) is 9.61. The minimum atomic E-state index is -4.42. The number of rotatable bonds is 15. The maximum atomic E-state index is 11.8. The van der Waals surface area contributed by atoms with Gasteiger partial charge in [0, 0.05) is 44.2 Å². The van der Waals surface area contributed by atoms with E-state index < -0.39 is 31.6 Å². The summed E-state index contributed by atoms with van der Waals surface area (Å²) in [6, 6.07) is 21.6. The first kappa shape index (κ1) is 32.6. The van der Waals surface area contributed by atoms with Gasteiger partial charge < -0.3 is 14.5 Å². The van der Waals surface area contributed by atoms with Crippen molar-refractivity contribution in [1.82, 2.24) is 0 Å². The molecular weight excluding hydrogens is 564 g/mol. The lowest BCUT2D eigenvalue weighted by atomic mass is 9.79. The second kappa shape index (κ2) is 13.8. The zero-order valence-electron chi connectivity index (χ0n) is 24.0. The van der Waals surface area contributed by atoms with Crippen molar-refractivity contribution >= 4 is 31.6 Å². The van der Waals surface area contributed by atoms with Gasteiger partial charge in [0.2, 0.25) is 0 Å². The standard InChI is InChI=1S/C30H40N2O7S2/c1-5-31(6-2)27-16-10-24(11-17-27)30(39-22-9-23-40(33,34)35,26-14-20-29(21-15-26)41(36,37)38)25-12-18-28(19-13-25)32(7-3)8-4/h10-21H,5-9,22-23H2,1-4H3,(H,33,34,35)(H,36,37,38). The van der Waals surface area contributed by atoms with E-state index in [1.54, 1.807) is 12.1 Å². The minimum absolute atomic E-state index is 0.0184. The van der Waals surface area contributed by atoms with Gasteiger partial charge in [-0.3, -0.25) is 9.11 Å². The highest BCUT2D eigenvalue weighted by molar-refractivity contribution is 7.86. The van der Waals surface area contributed by atoms with Gasteiger partial charge in [0.15, 0.2) is 0 Å². The molecule has 0 bridgehead atoms. The fraction of sp³-hybridized carbons (Fsp3) is 0.400. The third kappa shape index (κ3) is 7.87. The normalized spacial score (nSPS) is 12.3. The van der Waals surface area contributed by atoms with E-state index in [9.17, 15) is 25.9 Å². The Bertz CT molecular complexity index is 1410. The van der Waals surface area contributed by atoms with Gasteiger partial charge in [-0.2, -0.15) is 16.8 Å². The Balaban J connectivity index is 2.25. The van der Waals surface area contributed by atoms with Gasteiger partial charge in [0.1, 0.15) is 5.60 Å². The van der Waals surface area contributed by atoms with Crippen LogP contribution in [0.2, 0.25) is 0 Å². The SMILES string of the molecule is CCN(CC)c1ccc(C(OCCCS(=O)(=O)O)(c2ccc(N(CC)CC)cc2)c2ccc(S(=O)(=O)O)cc2)cc1. The lowest BCUT2D eigenvalue weighted by molar-refractivity contribution is 0.0134. The molecular formula is C30H40N2O7S2. The highest BCUT2D eigenvalue weighted by atomic mass is 32.2. The molecule has 0 saturated heterocycles. The predicted molar refractivity (Wildman–Crippen MR) is 163 cm³/mol. The van der Waals surface area contributed by atoms with Crippen molar-refractivity contribution in [3.05, 3.63) is 89.5 Å². The molecule has 0 aromatic heterocycles. The largest absolute Gasteiger partial charge is 0.372 e. The average Bonchev–Trinajstić information content (AvgIpc) is 2.95. The Hall–Kier alpha value is -2.96. The summed E-state index contributed by atoms with van der Waals surface area (Å²) in [5.74, 6) is -0.466. The topological polar surface area (TPSA) is 124 Å². The summed E-state index contributed by atoms with van der Waals surface area (Å²) in [6.45, 7) is 11.6. The van der Waals surface area contributed by atoms with Gasteiger partial charge in [0.25, 0.3) is 20.2 Å². The lowest BCUT2D eigenvalue weighted by Crippen LogP contribution is -2.34. The number of hydrogen-bond acceptors (Lipinski definition) is 7. The summed E-state index contributed by atoms with van der Waals surface area (Å²) in [4.78, 5) is 4.16. The van der Waals surface area contributed by atoms with Crippen LogP contribution in [0.3, 0.4) is 0 Å². The van der Waals surface area contributed by atoms with Crippen molar-refractivity contribution in [2.45, 2.75) is 44.6 Å². The molecule has 3 rings (SSSR count). The van der Waals surface area contributed by atoms with Crippen LogP contribution < -0.4 is 9.80 Å². The fourth-order valence-electron chi connectivity index (χ4n) is 5.07. The van der Waals surface area contributed by atoms with Crippen LogP contribution in [0.5, 0.6) is 0 Å². The molecule has 0 atom stereocenters. The van der Waals surface area contributed by atoms with Crippen molar-refractivity contribution in [1.29, 1.82) is 0 Å². The van der Waals surface area contributed by atoms with Crippen molar-refractivity contribution in [2.75, 3.05) is 48.3 Å². The minimum Gasteiger partial charge on any atom is -0.372 e. The first-order valence-electron chi connectivity index (χ1n) is 13.8. The van der Waals surface area contributed by atoms with Gasteiger partial charge in [-0.25, -0.2) is 0 Å². The smallest absolute Gasteiger partial charge is 0.294 e. The number of ether oxygens (including phenoxy) is 1. The maximum absolute atomic E-state index is 11.8. The molecule has 3 aromatic carbocycles. The van der Waals surface area contributed by atoms with E-state index in [0.717, 1.165) is 48.7 Å². The summed E-state index contributed by atoms with van der Waals surface area (Å²) in [7, 11) is -8.61. The van der Waals surface area contributed by atoms with Crippen LogP contribution in [0.15, 0.2) is 77.7 Å². The van der Waals surface area contributed by atoms with E-state index in [0.29, 0.717) is 5.56 Å². The Morgan fingerprint density at radius 2 is 1.00 bits per heavy atom. The van der Waals surface area contributed by atoms with Crippen molar-refractivity contribution < 1.29 is 30.7 Å². The van der Waals surface area contributed by atoms with Gasteiger partial charge in [-0.15, -0.1) is 0 Å². The van der Waals surface area contributed by atoms with E-state index in [1.807, 2.05) is 48.5 Å². The molecule has 0 heterocycles. The third-order valence-electron chi connectivity index (χ3n) is 7.23. The Morgan fingerprint density at radius 3 is 1.32 bits per heavy atom. The number of nitrogens with zero attached hydrogens (tertiary/aromatic N) is 2. The maximum Gasteiger partial charge on any atom is 0.294 e. The average molecular weight is 605 g/mol. The van der Waals surface area contributed by atoms with E-state index in [2.05, 4.69) is 37.5 Å². The highest BCUT2D eigenvalue weighted by Gasteiger charge is 2.38. The molecule has 0 aliphatic carbocycles. The van der Waals surface area contributed by atoms with Crippen LogP contribution >= 0.6 is 0 Å². The molecule has 0 aliphatic heterocycles. The molecule has 9 nitrogen and oxygen atoms in total. The number of hydrogen-bond donors (Lipinski definition) is 2. The zero-order chi connectivity index (χ0) is 30.3. The molecule has 0 amide bonds. The Morgan fingerprint density at radius 1 is 0.634 bits per heavy atom. The van der Waals surface area contributed by atoms with E-state index >= 15 is 0 Å². The highest BCUT2D eigenvalue weighted by Crippen LogP contribution is 2.42. The summed E-state index contributed by atoms with van der Waals surface area (Å²) >= 11 is 0. The molecule has 0 saturated carbocycles. The zero-order valence-corrected chi connectivity index (χ0v) is 25.7. The summed E-state index contributed by atoms with van der Waals surface area (Å²) in [6.07, 6.45) is 0.0404. The first-order chi connectivity index (χ1) is 19.4. The van der Waals surface area contributed by atoms with Gasteiger partial charge in [-0.05, 0) is 87.2 Å². The predicted octanol–water partition coefficient (Wildman–Crippen LogP) is 5.21. The molecule has 224 valence electrons. The van der Waals surface area contributed by atoms with Crippen LogP contribution in [0, 0.1) is 0 Å². The number of benzene rings is 3. The van der Waals surface area contributed by atoms with E-state index in [-0.39, 0.29) is 17.9 Å².